The number of thiazole rings is 1. The number of nitrogen functional groups attached to an aromatic ring is 1. The molecule has 8 nitrogen and oxygen atoms in total. The molecule has 0 saturated heterocycles. The Balaban J connectivity index is 1.78. The van der Waals surface area contributed by atoms with E-state index in [2.05, 4.69) is 21.5 Å². The number of rotatable bonds is 8. The van der Waals surface area contributed by atoms with E-state index in [4.69, 9.17) is 15.3 Å². The van der Waals surface area contributed by atoms with Crippen molar-refractivity contribution in [3.63, 3.8) is 0 Å². The molecular weight excluding hydrogens is 418 g/mol. The van der Waals surface area contributed by atoms with Crippen molar-refractivity contribution in [1.82, 2.24) is 4.98 Å². The number of ether oxygens (including phenoxy) is 2. The highest BCUT2D eigenvalue weighted by Crippen LogP contribution is 2.27. The maximum Gasteiger partial charge on any atom is 0.377 e. The zero-order valence-electron chi connectivity index (χ0n) is 16.6. The number of hydrogen-bond acceptors (Lipinski definition) is 9. The molecule has 0 saturated carbocycles. The number of nitrogens with zero attached hydrogens (tertiary/aromatic N) is 2. The molecule has 3 aromatic rings. The molecule has 0 fully saturated rings. The highest BCUT2D eigenvalue weighted by molar-refractivity contribution is 7.13. The minimum absolute atomic E-state index is 0.155. The van der Waals surface area contributed by atoms with Gasteiger partial charge in [-0.1, -0.05) is 65.8 Å². The van der Waals surface area contributed by atoms with Gasteiger partial charge in [0.15, 0.2) is 11.2 Å². The monoisotopic (exact) mass is 437 g/mol. The molecule has 31 heavy (non-hydrogen) atoms. The summed E-state index contributed by atoms with van der Waals surface area (Å²) < 4.78 is 10.3. The first-order valence-corrected chi connectivity index (χ1v) is 9.92. The van der Waals surface area contributed by atoms with Gasteiger partial charge in [-0.3, -0.25) is 0 Å². The molecule has 0 atom stereocenters. The molecule has 0 unspecified atom stereocenters. The molecule has 0 bridgehead atoms. The first kappa shape index (κ1) is 21.7. The van der Waals surface area contributed by atoms with E-state index < -0.39 is 23.8 Å². The van der Waals surface area contributed by atoms with E-state index >= 15 is 0 Å². The fraction of sp³-hybridized carbons (Fsp3) is 0.0909. The molecule has 2 N–H and O–H groups in total. The predicted octanol–water partition coefficient (Wildman–Crippen LogP) is 3.47. The molecule has 1 aromatic heterocycles. The van der Waals surface area contributed by atoms with Crippen molar-refractivity contribution in [2.45, 2.75) is 6.10 Å². The second kappa shape index (κ2) is 10.2. The zero-order chi connectivity index (χ0) is 22.2. The van der Waals surface area contributed by atoms with Crippen LogP contribution in [0.15, 0.2) is 83.5 Å². The maximum atomic E-state index is 12.6. The number of carbonyl (C=O) groups excluding carboxylic acids is 2. The summed E-state index contributed by atoms with van der Waals surface area (Å²) in [5.41, 5.74) is 7.03. The van der Waals surface area contributed by atoms with E-state index in [0.717, 1.165) is 22.5 Å². The molecule has 1 heterocycles. The van der Waals surface area contributed by atoms with E-state index in [1.165, 1.54) is 12.5 Å². The SMILES string of the molecule is C=C(ON=C(C(=O)OC)c1csc(N)n1)C(=O)OC(c1ccccc1)c1ccccc1. The molecule has 0 aliphatic carbocycles. The van der Waals surface area contributed by atoms with Gasteiger partial charge in [0.25, 0.3) is 0 Å². The van der Waals surface area contributed by atoms with Crippen LogP contribution < -0.4 is 5.73 Å². The van der Waals surface area contributed by atoms with Crippen molar-refractivity contribution >= 4 is 34.1 Å². The standard InChI is InChI=1S/C22H19N3O5S/c1-14(30-25-18(21(27)28-2)17-13-31-22(23)24-17)20(26)29-19(15-9-5-3-6-10-15)16-11-7-4-8-12-16/h3-13,19H,1H2,2H3,(H2,23,24). The average molecular weight is 437 g/mol. The van der Waals surface area contributed by atoms with Gasteiger partial charge in [-0.15, -0.1) is 11.3 Å². The summed E-state index contributed by atoms with van der Waals surface area (Å²) in [4.78, 5) is 33.7. The van der Waals surface area contributed by atoms with E-state index in [1.807, 2.05) is 60.7 Å². The minimum Gasteiger partial charge on any atom is -0.464 e. The van der Waals surface area contributed by atoms with Crippen molar-refractivity contribution in [3.05, 3.63) is 95.2 Å². The fourth-order valence-electron chi connectivity index (χ4n) is 2.58. The van der Waals surface area contributed by atoms with Gasteiger partial charge in [0.1, 0.15) is 5.69 Å². The summed E-state index contributed by atoms with van der Waals surface area (Å²) in [5, 5.41) is 5.43. The Morgan fingerprint density at radius 1 is 1.03 bits per heavy atom. The van der Waals surface area contributed by atoms with Gasteiger partial charge < -0.3 is 20.0 Å². The number of carbonyl (C=O) groups is 2. The lowest BCUT2D eigenvalue weighted by molar-refractivity contribution is -0.147. The molecule has 0 spiro atoms. The van der Waals surface area contributed by atoms with E-state index in [9.17, 15) is 9.59 Å². The summed E-state index contributed by atoms with van der Waals surface area (Å²) in [6.07, 6.45) is -0.683. The lowest BCUT2D eigenvalue weighted by Gasteiger charge is -2.19. The lowest BCUT2D eigenvalue weighted by Crippen LogP contribution is -2.19. The summed E-state index contributed by atoms with van der Waals surface area (Å²) in [7, 11) is 1.18. The van der Waals surface area contributed by atoms with Crippen molar-refractivity contribution in [1.29, 1.82) is 0 Å². The molecule has 0 amide bonds. The number of methoxy groups -OCH3 is 1. The highest BCUT2D eigenvalue weighted by Gasteiger charge is 2.23. The number of hydrogen-bond donors (Lipinski definition) is 1. The van der Waals surface area contributed by atoms with E-state index in [-0.39, 0.29) is 16.5 Å². The van der Waals surface area contributed by atoms with Crippen molar-refractivity contribution < 1.29 is 23.9 Å². The number of anilines is 1. The second-order valence-electron chi connectivity index (χ2n) is 6.12. The Morgan fingerprint density at radius 3 is 2.10 bits per heavy atom. The molecule has 0 radical (unpaired) electrons. The Labute approximate surface area is 182 Å². The van der Waals surface area contributed by atoms with Gasteiger partial charge in [-0.2, -0.15) is 0 Å². The minimum atomic E-state index is -0.844. The second-order valence-corrected chi connectivity index (χ2v) is 7.01. The van der Waals surface area contributed by atoms with Crippen LogP contribution in [0.5, 0.6) is 0 Å². The Hall–Kier alpha value is -3.98. The number of benzene rings is 2. The van der Waals surface area contributed by atoms with Crippen molar-refractivity contribution in [2.24, 2.45) is 5.16 Å². The van der Waals surface area contributed by atoms with Gasteiger partial charge in [0.05, 0.1) is 7.11 Å². The highest BCUT2D eigenvalue weighted by atomic mass is 32.1. The van der Waals surface area contributed by atoms with Crippen molar-refractivity contribution in [2.75, 3.05) is 12.8 Å². The first-order chi connectivity index (χ1) is 15.0. The zero-order valence-corrected chi connectivity index (χ0v) is 17.4. The van der Waals surface area contributed by atoms with Crippen LogP contribution in [-0.4, -0.2) is 29.7 Å². The molecular formula is C22H19N3O5S. The summed E-state index contributed by atoms with van der Waals surface area (Å²) in [6, 6.07) is 18.5. The van der Waals surface area contributed by atoms with Gasteiger partial charge in [0.2, 0.25) is 11.5 Å². The topological polar surface area (TPSA) is 113 Å². The Morgan fingerprint density at radius 2 is 1.61 bits per heavy atom. The molecule has 2 aromatic carbocycles. The molecule has 0 aliphatic rings. The van der Waals surface area contributed by atoms with Gasteiger partial charge in [-0.25, -0.2) is 14.6 Å². The largest absolute Gasteiger partial charge is 0.464 e. The summed E-state index contributed by atoms with van der Waals surface area (Å²) >= 11 is 1.11. The van der Waals surface area contributed by atoms with Crippen LogP contribution in [0, 0.1) is 0 Å². The van der Waals surface area contributed by atoms with Gasteiger partial charge in [0, 0.05) is 5.38 Å². The maximum absolute atomic E-state index is 12.6. The van der Waals surface area contributed by atoms with E-state index in [1.54, 1.807) is 0 Å². The van der Waals surface area contributed by atoms with Gasteiger partial charge >= 0.3 is 11.9 Å². The van der Waals surface area contributed by atoms with E-state index in [0.29, 0.717) is 0 Å². The summed E-state index contributed by atoms with van der Waals surface area (Å²) in [6.45, 7) is 3.55. The third-order valence-electron chi connectivity index (χ3n) is 4.05. The van der Waals surface area contributed by atoms with Crippen LogP contribution in [0.1, 0.15) is 22.9 Å². The molecule has 0 aliphatic heterocycles. The smallest absolute Gasteiger partial charge is 0.377 e. The fourth-order valence-corrected chi connectivity index (χ4v) is 3.12. The molecule has 9 heteroatoms. The van der Waals surface area contributed by atoms with Crippen LogP contribution in [0.2, 0.25) is 0 Å². The van der Waals surface area contributed by atoms with Crippen LogP contribution in [0.4, 0.5) is 5.13 Å². The van der Waals surface area contributed by atoms with Gasteiger partial charge in [-0.05, 0) is 17.7 Å². The predicted molar refractivity (Wildman–Crippen MR) is 116 cm³/mol. The first-order valence-electron chi connectivity index (χ1n) is 9.04. The van der Waals surface area contributed by atoms with Crippen LogP contribution >= 0.6 is 11.3 Å². The third kappa shape index (κ3) is 5.55. The molecule has 3 rings (SSSR count). The Kier molecular flexibility index (Phi) is 7.13. The number of aromatic nitrogens is 1. The normalized spacial score (nSPS) is 11.1. The molecule has 158 valence electrons. The van der Waals surface area contributed by atoms with Crippen LogP contribution in [0.25, 0.3) is 0 Å². The van der Waals surface area contributed by atoms with Crippen LogP contribution in [-0.2, 0) is 23.9 Å². The lowest BCUT2D eigenvalue weighted by atomic mass is 10.0. The third-order valence-corrected chi connectivity index (χ3v) is 4.72. The quantitative estimate of drug-likeness (QED) is 0.189. The average Bonchev–Trinajstić information content (AvgIpc) is 3.24. The number of oxime groups is 1. The number of nitrogens with two attached hydrogens (primary N) is 1. The number of esters is 2. The summed E-state index contributed by atoms with van der Waals surface area (Å²) in [5.74, 6) is -2.07. The van der Waals surface area contributed by atoms with Crippen molar-refractivity contribution in [3.8, 4) is 0 Å². The Bertz CT molecular complexity index is 1060. The van der Waals surface area contributed by atoms with Crippen LogP contribution in [0.3, 0.4) is 0 Å².